The van der Waals surface area contributed by atoms with E-state index < -0.39 is 6.09 Å². The highest BCUT2D eigenvalue weighted by Gasteiger charge is 2.17. The van der Waals surface area contributed by atoms with Gasteiger partial charge in [-0.1, -0.05) is 12.1 Å². The molecule has 0 spiro atoms. The number of nitrogen functional groups attached to an aromatic ring is 1. The molecular weight excluding hydrogens is 342 g/mol. The number of nitrogens with zero attached hydrogens (tertiary/aromatic N) is 1. The Labute approximate surface area is 158 Å². The molecule has 1 amide bonds. The lowest BCUT2D eigenvalue weighted by Gasteiger charge is -2.12. The molecule has 6 nitrogen and oxygen atoms in total. The number of aryl methyl sites for hydroxylation is 1. The highest BCUT2D eigenvalue weighted by molar-refractivity contribution is 6.02. The molecule has 0 saturated carbocycles. The van der Waals surface area contributed by atoms with Crippen molar-refractivity contribution in [2.75, 3.05) is 18.2 Å². The van der Waals surface area contributed by atoms with Gasteiger partial charge in [0.25, 0.3) is 0 Å². The second-order valence-electron chi connectivity index (χ2n) is 6.55. The van der Waals surface area contributed by atoms with Crippen LogP contribution in [0.3, 0.4) is 0 Å². The molecule has 3 aromatic rings. The monoisotopic (exact) mass is 367 g/mol. The number of hydrogen-bond acceptors (Lipinski definition) is 4. The van der Waals surface area contributed by atoms with E-state index in [1.165, 1.54) is 7.11 Å². The van der Waals surface area contributed by atoms with E-state index in [1.807, 2.05) is 56.3 Å². The van der Waals surface area contributed by atoms with Crippen molar-refractivity contribution in [2.24, 2.45) is 0 Å². The summed E-state index contributed by atoms with van der Waals surface area (Å²) in [7, 11) is 1.34. The Hall–Kier alpha value is -3.15. The van der Waals surface area contributed by atoms with E-state index in [0.29, 0.717) is 11.4 Å². The first-order valence-corrected chi connectivity index (χ1v) is 8.98. The molecule has 1 aromatic heterocycles. The summed E-state index contributed by atoms with van der Waals surface area (Å²) in [4.78, 5) is 11.5. The Balaban J connectivity index is 2.12. The summed E-state index contributed by atoms with van der Waals surface area (Å²) in [5.74, 6) is 0.817. The zero-order chi connectivity index (χ0) is 19.6. The molecule has 6 heteroatoms. The topological polar surface area (TPSA) is 78.5 Å². The zero-order valence-corrected chi connectivity index (χ0v) is 16.1. The number of ether oxygens (including phenoxy) is 2. The van der Waals surface area contributed by atoms with E-state index >= 15 is 0 Å². The zero-order valence-electron chi connectivity index (χ0n) is 16.1. The lowest BCUT2D eigenvalue weighted by Crippen LogP contribution is -2.10. The van der Waals surface area contributed by atoms with Gasteiger partial charge in [0.05, 0.1) is 30.1 Å². The van der Waals surface area contributed by atoms with Gasteiger partial charge < -0.3 is 19.8 Å². The van der Waals surface area contributed by atoms with Gasteiger partial charge in [-0.2, -0.15) is 0 Å². The third-order valence-electron chi connectivity index (χ3n) is 4.33. The first-order valence-electron chi connectivity index (χ1n) is 8.98. The molecule has 142 valence electrons. The quantitative estimate of drug-likeness (QED) is 0.674. The second kappa shape index (κ2) is 7.61. The normalized spacial score (nSPS) is 11.0. The number of nitrogens with one attached hydrogen (secondary N) is 1. The Kier molecular flexibility index (Phi) is 5.26. The molecule has 0 unspecified atom stereocenters. The molecule has 0 bridgehead atoms. The van der Waals surface area contributed by atoms with Gasteiger partial charge in [0, 0.05) is 29.2 Å². The van der Waals surface area contributed by atoms with E-state index in [2.05, 4.69) is 21.5 Å². The van der Waals surface area contributed by atoms with Crippen LogP contribution < -0.4 is 15.8 Å². The van der Waals surface area contributed by atoms with Gasteiger partial charge in [0.2, 0.25) is 0 Å². The van der Waals surface area contributed by atoms with Gasteiger partial charge in [0.1, 0.15) is 5.75 Å². The minimum absolute atomic E-state index is 0.102. The lowest BCUT2D eigenvalue weighted by molar-refractivity contribution is 0.187. The third kappa shape index (κ3) is 3.69. The number of anilines is 2. The number of benzene rings is 2. The maximum Gasteiger partial charge on any atom is 0.411 e. The van der Waals surface area contributed by atoms with Gasteiger partial charge >= 0.3 is 6.09 Å². The molecule has 0 aliphatic carbocycles. The van der Waals surface area contributed by atoms with Crippen LogP contribution in [0.25, 0.3) is 22.2 Å². The largest absolute Gasteiger partial charge is 0.491 e. The number of fused-ring (bicyclic) bond motifs is 1. The molecule has 0 saturated heterocycles. The molecule has 0 aliphatic heterocycles. The number of methoxy groups -OCH3 is 1. The Morgan fingerprint density at radius 1 is 1.22 bits per heavy atom. The Bertz CT molecular complexity index is 976. The van der Waals surface area contributed by atoms with Crippen molar-refractivity contribution in [2.45, 2.75) is 33.4 Å². The Morgan fingerprint density at radius 2 is 2.00 bits per heavy atom. The van der Waals surface area contributed by atoms with Gasteiger partial charge in [-0.05, 0) is 45.0 Å². The fraction of sp³-hybridized carbons (Fsp3) is 0.286. The summed E-state index contributed by atoms with van der Waals surface area (Å²) < 4.78 is 12.7. The summed E-state index contributed by atoms with van der Waals surface area (Å²) in [5.41, 5.74) is 10.7. The number of carbonyl (C=O) groups is 1. The summed E-state index contributed by atoms with van der Waals surface area (Å²) >= 11 is 0. The number of aromatic nitrogens is 1. The molecule has 3 rings (SSSR count). The number of nitrogens with two attached hydrogens (primary N) is 1. The number of rotatable bonds is 5. The van der Waals surface area contributed by atoms with Crippen molar-refractivity contribution in [3.8, 4) is 17.0 Å². The van der Waals surface area contributed by atoms with Crippen molar-refractivity contribution in [3.05, 3.63) is 42.5 Å². The van der Waals surface area contributed by atoms with E-state index in [-0.39, 0.29) is 6.10 Å². The number of amides is 1. The van der Waals surface area contributed by atoms with Crippen LogP contribution in [0.2, 0.25) is 0 Å². The summed E-state index contributed by atoms with van der Waals surface area (Å²) in [6.07, 6.45) is -0.406. The summed E-state index contributed by atoms with van der Waals surface area (Å²) in [6, 6.07) is 13.5. The van der Waals surface area contributed by atoms with Crippen molar-refractivity contribution >= 4 is 28.4 Å². The number of carbonyl (C=O) groups excluding carboxylic acids is 1. The fourth-order valence-corrected chi connectivity index (χ4v) is 3.25. The molecule has 0 atom stereocenters. The summed E-state index contributed by atoms with van der Waals surface area (Å²) in [6.45, 7) is 6.84. The highest BCUT2D eigenvalue weighted by Crippen LogP contribution is 2.38. The molecule has 2 aromatic carbocycles. The van der Waals surface area contributed by atoms with Gasteiger partial charge in [-0.3, -0.25) is 5.32 Å². The molecule has 1 heterocycles. The van der Waals surface area contributed by atoms with Gasteiger partial charge in [0.15, 0.2) is 0 Å². The molecule has 3 N–H and O–H groups in total. The minimum Gasteiger partial charge on any atom is -0.491 e. The predicted octanol–water partition coefficient (Wildman–Crippen LogP) is 4.88. The van der Waals surface area contributed by atoms with Crippen LogP contribution >= 0.6 is 0 Å². The minimum atomic E-state index is -0.508. The smallest absolute Gasteiger partial charge is 0.411 e. The van der Waals surface area contributed by atoms with Crippen molar-refractivity contribution in [1.82, 2.24) is 4.57 Å². The van der Waals surface area contributed by atoms with Gasteiger partial charge in [-0.25, -0.2) is 4.79 Å². The first-order chi connectivity index (χ1) is 12.9. The SMILES string of the molecule is CCn1c(-c2cccc(NC(=O)OC)c2)c(N)c2ccc(OC(C)C)cc21. The standard InChI is InChI=1S/C21H25N3O3/c1-5-24-18-12-16(27-13(2)3)9-10-17(18)19(22)20(24)14-7-6-8-15(11-14)23-21(25)26-4/h6-13H,5,22H2,1-4H3,(H,23,25). The van der Waals surface area contributed by atoms with Crippen molar-refractivity contribution in [3.63, 3.8) is 0 Å². The fourth-order valence-electron chi connectivity index (χ4n) is 3.25. The lowest BCUT2D eigenvalue weighted by atomic mass is 10.1. The van der Waals surface area contributed by atoms with E-state index in [9.17, 15) is 4.79 Å². The molecule has 27 heavy (non-hydrogen) atoms. The van der Waals surface area contributed by atoms with Crippen LogP contribution in [0.1, 0.15) is 20.8 Å². The average Bonchev–Trinajstić information content (AvgIpc) is 2.92. The highest BCUT2D eigenvalue weighted by atomic mass is 16.5. The predicted molar refractivity (Wildman–Crippen MR) is 109 cm³/mol. The maximum absolute atomic E-state index is 11.5. The van der Waals surface area contributed by atoms with Crippen LogP contribution in [0.5, 0.6) is 5.75 Å². The number of hydrogen-bond donors (Lipinski definition) is 2. The van der Waals surface area contributed by atoms with Crippen molar-refractivity contribution < 1.29 is 14.3 Å². The van der Waals surface area contributed by atoms with Crippen molar-refractivity contribution in [1.29, 1.82) is 0 Å². The van der Waals surface area contributed by atoms with Crippen LogP contribution in [0, 0.1) is 0 Å². The summed E-state index contributed by atoms with van der Waals surface area (Å²) in [5, 5.41) is 3.67. The van der Waals surface area contributed by atoms with E-state index in [1.54, 1.807) is 0 Å². The van der Waals surface area contributed by atoms with Crippen LogP contribution in [-0.2, 0) is 11.3 Å². The van der Waals surface area contributed by atoms with Crippen LogP contribution in [-0.4, -0.2) is 23.9 Å². The van der Waals surface area contributed by atoms with E-state index in [0.717, 1.165) is 34.5 Å². The maximum atomic E-state index is 11.5. The van der Waals surface area contributed by atoms with E-state index in [4.69, 9.17) is 10.5 Å². The van der Waals surface area contributed by atoms with Crippen LogP contribution in [0.4, 0.5) is 16.2 Å². The third-order valence-corrected chi connectivity index (χ3v) is 4.33. The average molecular weight is 367 g/mol. The molecular formula is C21H25N3O3. The second-order valence-corrected chi connectivity index (χ2v) is 6.55. The Morgan fingerprint density at radius 3 is 2.67 bits per heavy atom. The van der Waals surface area contributed by atoms with Gasteiger partial charge in [-0.15, -0.1) is 0 Å². The first kappa shape index (κ1) is 18.6. The molecule has 0 aliphatic rings. The molecule has 0 fully saturated rings. The van der Waals surface area contributed by atoms with Crippen LogP contribution in [0.15, 0.2) is 42.5 Å². The molecule has 0 radical (unpaired) electrons.